The summed E-state index contributed by atoms with van der Waals surface area (Å²) in [4.78, 5) is 25.1. The number of benzene rings is 3. The standard InChI is InChI=1S/C26H17N3O3S/c27-15-19-23(17-9-3-1-4-10-17)24(18-11-5-2-6-12-18)32-25(19)28-22(30)16-29-20-13-7-8-14-21(20)33-26(29)31/h1-14H,16H2,(H,28,30). The highest BCUT2D eigenvalue weighted by molar-refractivity contribution is 7.16. The zero-order chi connectivity index (χ0) is 22.8. The van der Waals surface area contributed by atoms with Crippen LogP contribution in [0.4, 0.5) is 5.88 Å². The molecule has 1 amide bonds. The third-order valence-electron chi connectivity index (χ3n) is 5.25. The van der Waals surface area contributed by atoms with Crippen molar-refractivity contribution in [2.45, 2.75) is 6.54 Å². The van der Waals surface area contributed by atoms with Crippen molar-refractivity contribution in [3.05, 3.63) is 100 Å². The van der Waals surface area contributed by atoms with E-state index >= 15 is 0 Å². The van der Waals surface area contributed by atoms with E-state index in [0.29, 0.717) is 16.8 Å². The number of para-hydroxylation sites is 1. The Balaban J connectivity index is 1.55. The van der Waals surface area contributed by atoms with Gasteiger partial charge in [0.25, 0.3) is 0 Å². The summed E-state index contributed by atoms with van der Waals surface area (Å²) in [5.74, 6) is 0.102. The molecule has 2 aromatic heterocycles. The number of carbonyl (C=O) groups excluding carboxylic acids is 1. The summed E-state index contributed by atoms with van der Waals surface area (Å²) >= 11 is 1.09. The molecule has 0 unspecified atom stereocenters. The van der Waals surface area contributed by atoms with Crippen LogP contribution < -0.4 is 10.2 Å². The van der Waals surface area contributed by atoms with Gasteiger partial charge in [0.15, 0.2) is 0 Å². The second kappa shape index (κ2) is 8.61. The van der Waals surface area contributed by atoms with Gasteiger partial charge in [-0.05, 0) is 17.7 Å². The molecule has 0 aliphatic heterocycles. The Labute approximate surface area is 193 Å². The van der Waals surface area contributed by atoms with Gasteiger partial charge in [-0.15, -0.1) is 0 Å². The highest BCUT2D eigenvalue weighted by Crippen LogP contribution is 2.41. The van der Waals surface area contributed by atoms with Gasteiger partial charge in [0.1, 0.15) is 23.9 Å². The minimum absolute atomic E-state index is 0.0628. The van der Waals surface area contributed by atoms with Crippen LogP contribution in [-0.2, 0) is 11.3 Å². The second-order valence-corrected chi connectivity index (χ2v) is 8.32. The summed E-state index contributed by atoms with van der Waals surface area (Å²) < 4.78 is 8.27. The Hall–Kier alpha value is -4.41. The molecule has 0 bridgehead atoms. The Morgan fingerprint density at radius 3 is 2.27 bits per heavy atom. The number of nitrogens with one attached hydrogen (secondary N) is 1. The number of nitrogens with zero attached hydrogens (tertiary/aromatic N) is 2. The third kappa shape index (κ3) is 3.84. The van der Waals surface area contributed by atoms with Crippen LogP contribution in [-0.4, -0.2) is 10.5 Å². The fraction of sp³-hybridized carbons (Fsp3) is 0.0385. The van der Waals surface area contributed by atoms with Crippen molar-refractivity contribution in [1.82, 2.24) is 4.57 Å². The predicted molar refractivity (Wildman–Crippen MR) is 129 cm³/mol. The van der Waals surface area contributed by atoms with E-state index in [0.717, 1.165) is 27.2 Å². The van der Waals surface area contributed by atoms with Crippen LogP contribution in [0.1, 0.15) is 5.56 Å². The van der Waals surface area contributed by atoms with Crippen molar-refractivity contribution < 1.29 is 9.21 Å². The van der Waals surface area contributed by atoms with Gasteiger partial charge in [-0.3, -0.25) is 19.5 Å². The molecular formula is C26H17N3O3S. The van der Waals surface area contributed by atoms with Crippen molar-refractivity contribution in [2.75, 3.05) is 5.32 Å². The lowest BCUT2D eigenvalue weighted by Gasteiger charge is -2.04. The maximum Gasteiger partial charge on any atom is 0.308 e. The normalized spacial score (nSPS) is 10.8. The first-order valence-electron chi connectivity index (χ1n) is 10.2. The van der Waals surface area contributed by atoms with E-state index in [4.69, 9.17) is 4.42 Å². The molecule has 3 aromatic carbocycles. The quantitative estimate of drug-likeness (QED) is 0.382. The van der Waals surface area contributed by atoms with Crippen molar-refractivity contribution in [3.63, 3.8) is 0 Å². The smallest absolute Gasteiger partial charge is 0.308 e. The van der Waals surface area contributed by atoms with Crippen molar-refractivity contribution in [3.8, 4) is 28.5 Å². The maximum absolute atomic E-state index is 12.9. The van der Waals surface area contributed by atoms with Gasteiger partial charge in [-0.1, -0.05) is 84.1 Å². The Morgan fingerprint density at radius 1 is 0.939 bits per heavy atom. The largest absolute Gasteiger partial charge is 0.438 e. The summed E-state index contributed by atoms with van der Waals surface area (Å²) in [7, 11) is 0. The molecule has 7 heteroatoms. The lowest BCUT2D eigenvalue weighted by atomic mass is 9.98. The molecule has 0 aliphatic rings. The summed E-state index contributed by atoms with van der Waals surface area (Å²) in [5, 5.41) is 12.7. The monoisotopic (exact) mass is 451 g/mol. The number of furan rings is 1. The lowest BCUT2D eigenvalue weighted by Crippen LogP contribution is -2.24. The Kier molecular flexibility index (Phi) is 5.35. The number of rotatable bonds is 5. The second-order valence-electron chi connectivity index (χ2n) is 7.32. The molecule has 2 heterocycles. The number of anilines is 1. The van der Waals surface area contributed by atoms with Crippen molar-refractivity contribution in [1.29, 1.82) is 5.26 Å². The molecule has 0 saturated carbocycles. The van der Waals surface area contributed by atoms with Gasteiger partial charge in [0.2, 0.25) is 11.8 Å². The first kappa shape index (κ1) is 20.5. The molecule has 0 atom stereocenters. The number of hydrogen-bond donors (Lipinski definition) is 1. The number of carbonyl (C=O) groups is 1. The van der Waals surface area contributed by atoms with E-state index in [2.05, 4.69) is 11.4 Å². The molecule has 0 radical (unpaired) electrons. The highest BCUT2D eigenvalue weighted by atomic mass is 32.1. The van der Waals surface area contributed by atoms with E-state index in [-0.39, 0.29) is 22.9 Å². The van der Waals surface area contributed by atoms with E-state index < -0.39 is 5.91 Å². The molecule has 0 saturated heterocycles. The molecule has 33 heavy (non-hydrogen) atoms. The molecule has 1 N–H and O–H groups in total. The molecule has 0 spiro atoms. The molecule has 0 fully saturated rings. The van der Waals surface area contributed by atoms with Gasteiger partial charge in [0.05, 0.1) is 10.2 Å². The van der Waals surface area contributed by atoms with Crippen molar-refractivity contribution in [2.24, 2.45) is 0 Å². The maximum atomic E-state index is 12.9. The van der Waals surface area contributed by atoms with E-state index in [1.807, 2.05) is 78.9 Å². The van der Waals surface area contributed by atoms with Crippen LogP contribution in [0, 0.1) is 11.3 Å². The predicted octanol–water partition coefficient (Wildman–Crippen LogP) is 5.50. The van der Waals surface area contributed by atoms with Crippen LogP contribution in [0.5, 0.6) is 0 Å². The first-order chi connectivity index (χ1) is 16.2. The summed E-state index contributed by atoms with van der Waals surface area (Å²) in [6.45, 7) is -0.185. The number of amides is 1. The number of fused-ring (bicyclic) bond motifs is 1. The van der Waals surface area contributed by atoms with Gasteiger partial charge in [-0.2, -0.15) is 5.26 Å². The first-order valence-corrected chi connectivity index (χ1v) is 11.0. The van der Waals surface area contributed by atoms with Crippen LogP contribution >= 0.6 is 11.3 Å². The average Bonchev–Trinajstić information content (AvgIpc) is 3.37. The SMILES string of the molecule is N#Cc1c(NC(=O)Cn2c(=O)sc3ccccc32)oc(-c2ccccc2)c1-c1ccccc1. The highest BCUT2D eigenvalue weighted by Gasteiger charge is 2.24. The summed E-state index contributed by atoms with van der Waals surface area (Å²) in [6, 6.07) is 28.3. The number of hydrogen-bond acceptors (Lipinski definition) is 5. The number of thiazole rings is 1. The Bertz CT molecular complexity index is 1560. The minimum Gasteiger partial charge on any atom is -0.438 e. The van der Waals surface area contributed by atoms with Gasteiger partial charge < -0.3 is 4.42 Å². The van der Waals surface area contributed by atoms with E-state index in [1.165, 1.54) is 4.57 Å². The number of nitriles is 1. The molecule has 160 valence electrons. The Morgan fingerprint density at radius 2 is 1.58 bits per heavy atom. The third-order valence-corrected chi connectivity index (χ3v) is 6.21. The molecule has 5 aromatic rings. The molecule has 6 nitrogen and oxygen atoms in total. The fourth-order valence-corrected chi connectivity index (χ4v) is 4.66. The lowest BCUT2D eigenvalue weighted by molar-refractivity contribution is -0.116. The van der Waals surface area contributed by atoms with Gasteiger partial charge >= 0.3 is 4.87 Å². The zero-order valence-corrected chi connectivity index (χ0v) is 18.1. The van der Waals surface area contributed by atoms with Crippen molar-refractivity contribution >= 4 is 33.3 Å². The van der Waals surface area contributed by atoms with Gasteiger partial charge in [0, 0.05) is 11.1 Å². The minimum atomic E-state index is -0.454. The molecule has 5 rings (SSSR count). The topological polar surface area (TPSA) is 88.0 Å². The van der Waals surface area contributed by atoms with Gasteiger partial charge in [-0.25, -0.2) is 0 Å². The van der Waals surface area contributed by atoms with Crippen LogP contribution in [0.15, 0.2) is 94.1 Å². The molecule has 0 aliphatic carbocycles. The molecular weight excluding hydrogens is 434 g/mol. The fourth-order valence-electron chi connectivity index (χ4n) is 3.77. The number of aromatic nitrogens is 1. The summed E-state index contributed by atoms with van der Waals surface area (Å²) in [5.41, 5.74) is 3.12. The average molecular weight is 452 g/mol. The van der Waals surface area contributed by atoms with Crippen LogP contribution in [0.3, 0.4) is 0 Å². The zero-order valence-electron chi connectivity index (χ0n) is 17.3. The van der Waals surface area contributed by atoms with Crippen LogP contribution in [0.25, 0.3) is 32.7 Å². The summed E-state index contributed by atoms with van der Waals surface area (Å²) in [6.07, 6.45) is 0. The van der Waals surface area contributed by atoms with E-state index in [1.54, 1.807) is 6.07 Å². The van der Waals surface area contributed by atoms with E-state index in [9.17, 15) is 14.9 Å². The van der Waals surface area contributed by atoms with Crippen LogP contribution in [0.2, 0.25) is 0 Å².